The smallest absolute Gasteiger partial charge is 0.417 e. The van der Waals surface area contributed by atoms with Crippen molar-refractivity contribution < 1.29 is 22.0 Å². The van der Waals surface area contributed by atoms with Gasteiger partial charge in [-0.05, 0) is 78.5 Å². The minimum absolute atomic E-state index is 0.0233. The van der Waals surface area contributed by atoms with Gasteiger partial charge in [-0.15, -0.1) is 0 Å². The highest BCUT2D eigenvalue weighted by molar-refractivity contribution is 6.32. The number of halogens is 4. The first-order valence-corrected chi connectivity index (χ1v) is 16.6. The van der Waals surface area contributed by atoms with E-state index >= 15 is 0 Å². The van der Waals surface area contributed by atoms with E-state index in [-0.39, 0.29) is 17.5 Å². The summed E-state index contributed by atoms with van der Waals surface area (Å²) in [4.78, 5) is 2.21. The third-order valence-corrected chi connectivity index (χ3v) is 9.07. The Bertz CT molecular complexity index is 1830. The number of fused-ring (bicyclic) bond motifs is 1. The van der Waals surface area contributed by atoms with Gasteiger partial charge in [0.05, 0.1) is 23.4 Å². The van der Waals surface area contributed by atoms with Gasteiger partial charge >= 0.3 is 6.18 Å². The number of aryl methyl sites for hydroxylation is 1. The molecule has 48 heavy (non-hydrogen) atoms. The monoisotopic (exact) mass is 670 g/mol. The van der Waals surface area contributed by atoms with Crippen LogP contribution in [0.15, 0.2) is 130 Å². The lowest BCUT2D eigenvalue weighted by Crippen LogP contribution is -2.30. The molecule has 0 bridgehead atoms. The average molecular weight is 671 g/mol. The van der Waals surface area contributed by atoms with Crippen LogP contribution in [0, 0.1) is 0 Å². The van der Waals surface area contributed by atoms with Crippen molar-refractivity contribution in [3.8, 4) is 0 Å². The van der Waals surface area contributed by atoms with E-state index in [1.54, 1.807) is 12.3 Å². The van der Waals surface area contributed by atoms with Crippen molar-refractivity contribution in [1.29, 1.82) is 0 Å². The molecule has 0 aliphatic carbocycles. The zero-order chi connectivity index (χ0) is 33.3. The van der Waals surface area contributed by atoms with E-state index in [9.17, 15) is 13.2 Å². The lowest BCUT2D eigenvalue weighted by Gasteiger charge is -2.29. The van der Waals surface area contributed by atoms with Crippen LogP contribution in [0.3, 0.4) is 0 Å². The molecule has 2 heterocycles. The predicted molar refractivity (Wildman–Crippen MR) is 185 cm³/mol. The van der Waals surface area contributed by atoms with Gasteiger partial charge in [-0.2, -0.15) is 13.2 Å². The molecule has 6 aromatic rings. The van der Waals surface area contributed by atoms with E-state index in [0.29, 0.717) is 31.6 Å². The van der Waals surface area contributed by atoms with Gasteiger partial charge in [-0.3, -0.25) is 4.90 Å². The fourth-order valence-corrected chi connectivity index (χ4v) is 6.47. The van der Waals surface area contributed by atoms with Crippen LogP contribution in [0.1, 0.15) is 51.7 Å². The summed E-state index contributed by atoms with van der Waals surface area (Å²) in [7, 11) is 0. The molecule has 0 radical (unpaired) electrons. The summed E-state index contributed by atoms with van der Waals surface area (Å²) >= 11 is 6.39. The zero-order valence-corrected chi connectivity index (χ0v) is 27.3. The Morgan fingerprint density at radius 3 is 2.21 bits per heavy atom. The minimum atomic E-state index is -4.52. The van der Waals surface area contributed by atoms with Crippen molar-refractivity contribution in [3.05, 3.63) is 166 Å². The first kappa shape index (κ1) is 33.6. The Labute approximate surface area is 284 Å². The molecular weight excluding hydrogens is 633 g/mol. The summed E-state index contributed by atoms with van der Waals surface area (Å²) < 4.78 is 52.9. The summed E-state index contributed by atoms with van der Waals surface area (Å²) in [5.74, 6) is 1.82. The Kier molecular flexibility index (Phi) is 11.0. The van der Waals surface area contributed by atoms with Crippen LogP contribution in [0.5, 0.6) is 0 Å². The van der Waals surface area contributed by atoms with Crippen molar-refractivity contribution in [2.24, 2.45) is 0 Å². The standard InChI is InChI=1S/C40H38ClF3N2O2/c41-39-33(14-7-17-37(39)40(42,43)44)27-46(28-36(30-10-3-1-4-11-30)31-12-5-2-6-13-31)22-8-15-34-25-32-19-18-29(24-38(32)48-34)20-21-45-26-35-16-9-23-47-35/h1-7,9-14,16-19,23-25,36,45H,8,15,20-22,26-28H2. The summed E-state index contributed by atoms with van der Waals surface area (Å²) in [6.45, 7) is 3.05. The van der Waals surface area contributed by atoms with Crippen molar-refractivity contribution in [1.82, 2.24) is 10.2 Å². The summed E-state index contributed by atoms with van der Waals surface area (Å²) in [5.41, 5.74) is 3.99. The SMILES string of the molecule is FC(F)(F)c1cccc(CN(CCCc2cc3ccc(CCNCc4ccco4)cc3o2)CC(c2ccccc2)c2ccccc2)c1Cl. The van der Waals surface area contributed by atoms with Crippen LogP contribution in [0.4, 0.5) is 13.2 Å². The van der Waals surface area contributed by atoms with E-state index in [4.69, 9.17) is 20.4 Å². The van der Waals surface area contributed by atoms with Gasteiger partial charge in [0.2, 0.25) is 0 Å². The number of nitrogens with one attached hydrogen (secondary N) is 1. The van der Waals surface area contributed by atoms with Gasteiger partial charge in [-0.1, -0.05) is 96.5 Å². The highest BCUT2D eigenvalue weighted by atomic mass is 35.5. The van der Waals surface area contributed by atoms with Gasteiger partial charge in [0.1, 0.15) is 17.1 Å². The van der Waals surface area contributed by atoms with Gasteiger partial charge in [0.25, 0.3) is 0 Å². The number of hydrogen-bond donors (Lipinski definition) is 1. The number of furan rings is 2. The first-order valence-electron chi connectivity index (χ1n) is 16.2. The molecular formula is C40H38ClF3N2O2. The third kappa shape index (κ3) is 8.78. The quantitative estimate of drug-likeness (QED) is 0.110. The van der Waals surface area contributed by atoms with E-state index in [1.807, 2.05) is 48.5 Å². The molecule has 0 fully saturated rings. The number of hydrogen-bond acceptors (Lipinski definition) is 4. The van der Waals surface area contributed by atoms with Crippen LogP contribution in [0.25, 0.3) is 11.0 Å². The molecule has 248 valence electrons. The molecule has 0 spiro atoms. The molecule has 4 nitrogen and oxygen atoms in total. The second-order valence-corrected chi connectivity index (χ2v) is 12.5. The molecule has 0 aliphatic rings. The Hall–Kier alpha value is -4.30. The van der Waals surface area contributed by atoms with E-state index in [0.717, 1.165) is 59.1 Å². The molecule has 0 saturated heterocycles. The lowest BCUT2D eigenvalue weighted by atomic mass is 9.90. The van der Waals surface area contributed by atoms with Gasteiger partial charge < -0.3 is 14.2 Å². The predicted octanol–water partition coefficient (Wildman–Crippen LogP) is 10.3. The number of rotatable bonds is 15. The van der Waals surface area contributed by atoms with E-state index in [1.165, 1.54) is 11.6 Å². The maximum absolute atomic E-state index is 13.7. The van der Waals surface area contributed by atoms with E-state index < -0.39 is 11.7 Å². The maximum atomic E-state index is 13.7. The Morgan fingerprint density at radius 2 is 1.52 bits per heavy atom. The highest BCUT2D eigenvalue weighted by Gasteiger charge is 2.34. The minimum Gasteiger partial charge on any atom is -0.468 e. The van der Waals surface area contributed by atoms with Gasteiger partial charge in [-0.25, -0.2) is 0 Å². The molecule has 2 aromatic heterocycles. The van der Waals surface area contributed by atoms with Crippen molar-refractivity contribution in [2.75, 3.05) is 19.6 Å². The van der Waals surface area contributed by atoms with Crippen LogP contribution >= 0.6 is 11.6 Å². The molecule has 0 aliphatic heterocycles. The number of alkyl halides is 3. The molecule has 4 aromatic carbocycles. The Morgan fingerprint density at radius 1 is 0.771 bits per heavy atom. The largest absolute Gasteiger partial charge is 0.468 e. The normalized spacial score (nSPS) is 12.0. The molecule has 6 rings (SSSR count). The number of benzene rings is 4. The second kappa shape index (κ2) is 15.7. The van der Waals surface area contributed by atoms with Crippen LogP contribution in [-0.4, -0.2) is 24.5 Å². The van der Waals surface area contributed by atoms with Crippen molar-refractivity contribution in [2.45, 2.75) is 44.4 Å². The number of nitrogens with zero attached hydrogens (tertiary/aromatic N) is 1. The van der Waals surface area contributed by atoms with Crippen LogP contribution in [0.2, 0.25) is 5.02 Å². The second-order valence-electron chi connectivity index (χ2n) is 12.1. The fourth-order valence-electron chi connectivity index (χ4n) is 6.17. The van der Waals surface area contributed by atoms with Crippen molar-refractivity contribution in [3.63, 3.8) is 0 Å². The maximum Gasteiger partial charge on any atom is 0.417 e. The highest BCUT2D eigenvalue weighted by Crippen LogP contribution is 2.37. The molecule has 1 N–H and O–H groups in total. The lowest BCUT2D eigenvalue weighted by molar-refractivity contribution is -0.137. The van der Waals surface area contributed by atoms with Crippen LogP contribution in [-0.2, 0) is 32.1 Å². The summed E-state index contributed by atoms with van der Waals surface area (Å²) in [5, 5.41) is 4.21. The van der Waals surface area contributed by atoms with Crippen LogP contribution < -0.4 is 5.32 Å². The molecule has 0 saturated carbocycles. The molecule has 8 heteroatoms. The first-order chi connectivity index (χ1) is 23.3. The van der Waals surface area contributed by atoms with Gasteiger partial charge in [0.15, 0.2) is 0 Å². The molecule has 0 unspecified atom stereocenters. The average Bonchev–Trinajstić information content (AvgIpc) is 3.76. The van der Waals surface area contributed by atoms with Gasteiger partial charge in [0, 0.05) is 30.8 Å². The third-order valence-electron chi connectivity index (χ3n) is 8.63. The fraction of sp³-hybridized carbons (Fsp3) is 0.250. The Balaban J connectivity index is 1.16. The zero-order valence-electron chi connectivity index (χ0n) is 26.6. The van der Waals surface area contributed by atoms with Crippen molar-refractivity contribution >= 4 is 22.6 Å². The molecule has 0 amide bonds. The molecule has 0 atom stereocenters. The summed E-state index contributed by atoms with van der Waals surface area (Å²) in [6.07, 6.45) is -0.524. The van der Waals surface area contributed by atoms with E-state index in [2.05, 4.69) is 58.7 Å². The topological polar surface area (TPSA) is 41.5 Å². The summed E-state index contributed by atoms with van der Waals surface area (Å²) in [6, 6.07) is 36.9.